The second kappa shape index (κ2) is 7.04. The van der Waals surface area contributed by atoms with Gasteiger partial charge in [0, 0.05) is 28.6 Å². The van der Waals surface area contributed by atoms with E-state index in [0.29, 0.717) is 18.5 Å². The quantitative estimate of drug-likeness (QED) is 0.832. The van der Waals surface area contributed by atoms with Gasteiger partial charge in [0.25, 0.3) is 0 Å². The summed E-state index contributed by atoms with van der Waals surface area (Å²) in [5.41, 5.74) is 8.02. The molecule has 0 radical (unpaired) electrons. The van der Waals surface area contributed by atoms with Crippen LogP contribution in [0.3, 0.4) is 0 Å². The van der Waals surface area contributed by atoms with Crippen LogP contribution in [0.15, 0.2) is 34.9 Å². The summed E-state index contributed by atoms with van der Waals surface area (Å²) in [6, 6.07) is 8.59. The Kier molecular flexibility index (Phi) is 5.38. The smallest absolute Gasteiger partial charge is 0.0934 e. The molecule has 1 heterocycles. The van der Waals surface area contributed by atoms with Gasteiger partial charge >= 0.3 is 0 Å². The van der Waals surface area contributed by atoms with Crippen LogP contribution in [0, 0.1) is 5.92 Å². The van der Waals surface area contributed by atoms with E-state index >= 15 is 0 Å². The van der Waals surface area contributed by atoms with Crippen molar-refractivity contribution in [1.29, 1.82) is 0 Å². The van der Waals surface area contributed by atoms with E-state index in [0.717, 1.165) is 33.9 Å². The Bertz CT molecular complexity index is 567. The normalized spacial score (nSPS) is 12.8. The Morgan fingerprint density at radius 1 is 1.30 bits per heavy atom. The molecule has 20 heavy (non-hydrogen) atoms. The van der Waals surface area contributed by atoms with Gasteiger partial charge in [0.2, 0.25) is 0 Å². The van der Waals surface area contributed by atoms with Gasteiger partial charge in [0.05, 0.1) is 11.2 Å². The number of para-hydroxylation sites is 1. The fourth-order valence-electron chi connectivity index (χ4n) is 2.68. The second-order valence-electron chi connectivity index (χ2n) is 5.09. The van der Waals surface area contributed by atoms with E-state index in [9.17, 15) is 0 Å². The first kappa shape index (κ1) is 15.3. The molecule has 0 aliphatic rings. The van der Waals surface area contributed by atoms with Crippen molar-refractivity contribution in [3.8, 4) is 0 Å². The van der Waals surface area contributed by atoms with Crippen molar-refractivity contribution < 1.29 is 0 Å². The fourth-order valence-corrected chi connectivity index (χ4v) is 3.03. The summed E-state index contributed by atoms with van der Waals surface area (Å²) >= 11 is 3.46. The zero-order valence-electron chi connectivity index (χ0n) is 12.1. The molecule has 0 aliphatic carbocycles. The van der Waals surface area contributed by atoms with Gasteiger partial charge in [-0.2, -0.15) is 0 Å². The van der Waals surface area contributed by atoms with Crippen LogP contribution >= 0.6 is 15.9 Å². The van der Waals surface area contributed by atoms with Gasteiger partial charge in [0.1, 0.15) is 0 Å². The van der Waals surface area contributed by atoms with E-state index in [1.54, 1.807) is 0 Å². The molecular weight excluding hydrogens is 314 g/mol. The molecule has 1 aromatic carbocycles. The number of anilines is 1. The molecule has 2 aromatic rings. The Morgan fingerprint density at radius 2 is 2.05 bits per heavy atom. The lowest BCUT2D eigenvalue weighted by atomic mass is 9.94. The summed E-state index contributed by atoms with van der Waals surface area (Å²) in [6.45, 7) is 5.08. The molecule has 4 heteroatoms. The second-order valence-corrected chi connectivity index (χ2v) is 6.01. The molecule has 3 nitrogen and oxygen atoms in total. The number of hydrogen-bond donors (Lipinski definition) is 2. The number of aromatic nitrogens is 1. The van der Waals surface area contributed by atoms with E-state index in [2.05, 4.69) is 64.3 Å². The summed E-state index contributed by atoms with van der Waals surface area (Å²) in [5, 5.41) is 4.72. The molecule has 3 N–H and O–H groups in total. The van der Waals surface area contributed by atoms with Crippen molar-refractivity contribution in [2.24, 2.45) is 11.7 Å². The number of hydrogen-bond acceptors (Lipinski definition) is 3. The predicted molar refractivity (Wildman–Crippen MR) is 90.0 cm³/mol. The molecular formula is C16H22BrN3. The molecule has 1 atom stereocenters. The monoisotopic (exact) mass is 335 g/mol. The highest BCUT2D eigenvalue weighted by Gasteiger charge is 2.17. The van der Waals surface area contributed by atoms with Crippen LogP contribution in [0.2, 0.25) is 0 Å². The number of fused-ring (bicyclic) bond motifs is 1. The van der Waals surface area contributed by atoms with Crippen molar-refractivity contribution in [3.63, 3.8) is 0 Å². The van der Waals surface area contributed by atoms with Crippen LogP contribution in [0.25, 0.3) is 10.9 Å². The maximum atomic E-state index is 5.95. The Morgan fingerprint density at radius 3 is 2.70 bits per heavy atom. The molecule has 1 unspecified atom stereocenters. The standard InChI is InChI=1S/C16H22BrN3/c1-3-11(4-2)15(9-18)20-14-7-5-6-12-8-13(17)10-19-16(12)14/h5-8,10-11,15,20H,3-4,9,18H2,1-2H3. The molecule has 0 saturated heterocycles. The minimum atomic E-state index is 0.293. The lowest BCUT2D eigenvalue weighted by molar-refractivity contribution is 0.422. The van der Waals surface area contributed by atoms with Crippen LogP contribution in [-0.2, 0) is 0 Å². The number of benzene rings is 1. The van der Waals surface area contributed by atoms with Gasteiger partial charge in [-0.05, 0) is 34.0 Å². The fraction of sp³-hybridized carbons (Fsp3) is 0.438. The highest BCUT2D eigenvalue weighted by atomic mass is 79.9. The lowest BCUT2D eigenvalue weighted by Gasteiger charge is -2.26. The van der Waals surface area contributed by atoms with Crippen molar-refractivity contribution in [3.05, 3.63) is 34.9 Å². The molecule has 0 fully saturated rings. The van der Waals surface area contributed by atoms with Gasteiger partial charge in [-0.15, -0.1) is 0 Å². The molecule has 108 valence electrons. The number of pyridine rings is 1. The molecule has 1 aromatic heterocycles. The van der Waals surface area contributed by atoms with Crippen molar-refractivity contribution in [1.82, 2.24) is 4.98 Å². The third kappa shape index (κ3) is 3.30. The average Bonchev–Trinajstić information content (AvgIpc) is 2.47. The van der Waals surface area contributed by atoms with Gasteiger partial charge < -0.3 is 11.1 Å². The number of halogens is 1. The third-order valence-electron chi connectivity index (χ3n) is 3.89. The van der Waals surface area contributed by atoms with Gasteiger partial charge in [-0.1, -0.05) is 38.8 Å². The molecule has 0 spiro atoms. The highest BCUT2D eigenvalue weighted by molar-refractivity contribution is 9.10. The number of rotatable bonds is 6. The van der Waals surface area contributed by atoms with Crippen molar-refractivity contribution in [2.75, 3.05) is 11.9 Å². The SMILES string of the molecule is CCC(CC)C(CN)Nc1cccc2cc(Br)cnc12. The van der Waals surface area contributed by atoms with E-state index in [4.69, 9.17) is 5.73 Å². The summed E-state index contributed by atoms with van der Waals surface area (Å²) in [7, 11) is 0. The number of nitrogens with zero attached hydrogens (tertiary/aromatic N) is 1. The summed E-state index contributed by atoms with van der Waals surface area (Å²) in [6.07, 6.45) is 4.10. The third-order valence-corrected chi connectivity index (χ3v) is 4.32. The minimum absolute atomic E-state index is 0.293. The van der Waals surface area contributed by atoms with Crippen LogP contribution in [0.4, 0.5) is 5.69 Å². The molecule has 0 amide bonds. The highest BCUT2D eigenvalue weighted by Crippen LogP contribution is 2.26. The largest absolute Gasteiger partial charge is 0.379 e. The van der Waals surface area contributed by atoms with Crippen LogP contribution in [0.5, 0.6) is 0 Å². The van der Waals surface area contributed by atoms with Gasteiger partial charge in [0.15, 0.2) is 0 Å². The first-order valence-electron chi connectivity index (χ1n) is 7.20. The number of nitrogens with one attached hydrogen (secondary N) is 1. The number of nitrogens with two attached hydrogens (primary N) is 1. The van der Waals surface area contributed by atoms with Crippen LogP contribution < -0.4 is 11.1 Å². The van der Waals surface area contributed by atoms with E-state index in [1.165, 1.54) is 0 Å². The minimum Gasteiger partial charge on any atom is -0.379 e. The summed E-state index contributed by atoms with van der Waals surface area (Å²) in [4.78, 5) is 4.53. The zero-order chi connectivity index (χ0) is 14.5. The first-order valence-corrected chi connectivity index (χ1v) is 7.99. The Labute approximate surface area is 129 Å². The topological polar surface area (TPSA) is 50.9 Å². The molecule has 2 rings (SSSR count). The maximum Gasteiger partial charge on any atom is 0.0934 e. The van der Waals surface area contributed by atoms with E-state index in [1.807, 2.05) is 6.20 Å². The van der Waals surface area contributed by atoms with Gasteiger partial charge in [-0.25, -0.2) is 0 Å². The first-order chi connectivity index (χ1) is 9.69. The van der Waals surface area contributed by atoms with Crippen molar-refractivity contribution >= 4 is 32.5 Å². The average molecular weight is 336 g/mol. The molecule has 0 bridgehead atoms. The van der Waals surface area contributed by atoms with E-state index in [-0.39, 0.29) is 0 Å². The van der Waals surface area contributed by atoms with E-state index < -0.39 is 0 Å². The Hall–Kier alpha value is -1.13. The summed E-state index contributed by atoms with van der Waals surface area (Å²) < 4.78 is 0.998. The zero-order valence-corrected chi connectivity index (χ0v) is 13.7. The Balaban J connectivity index is 2.32. The van der Waals surface area contributed by atoms with Crippen LogP contribution in [0.1, 0.15) is 26.7 Å². The maximum absolute atomic E-state index is 5.95. The summed E-state index contributed by atoms with van der Waals surface area (Å²) in [5.74, 6) is 0.589. The van der Waals surface area contributed by atoms with Crippen LogP contribution in [-0.4, -0.2) is 17.6 Å². The van der Waals surface area contributed by atoms with Gasteiger partial charge in [-0.3, -0.25) is 4.98 Å². The lowest BCUT2D eigenvalue weighted by Crippen LogP contribution is -2.36. The van der Waals surface area contributed by atoms with Crippen molar-refractivity contribution in [2.45, 2.75) is 32.7 Å². The predicted octanol–water partition coefficient (Wildman–Crippen LogP) is 4.17. The molecule has 0 saturated carbocycles. The molecule has 0 aliphatic heterocycles.